The Morgan fingerprint density at radius 3 is 2.53 bits per heavy atom. The second kappa shape index (κ2) is 11.3. The molecule has 7 nitrogen and oxygen atoms in total. The summed E-state index contributed by atoms with van der Waals surface area (Å²) in [4.78, 5) is 13.0. The smallest absolute Gasteiger partial charge is 0.367 e. The van der Waals surface area contributed by atoms with Crippen molar-refractivity contribution in [2.45, 2.75) is 32.8 Å². The number of hydrogen-bond acceptors (Lipinski definition) is 4. The molecule has 3 rings (SSSR count). The first-order valence-corrected chi connectivity index (χ1v) is 10.1. The number of aromatic nitrogens is 3. The molecule has 170 valence electrons. The fraction of sp³-hybridized carbons (Fsp3) is 0.318. The van der Waals surface area contributed by atoms with E-state index in [2.05, 4.69) is 30.3 Å². The van der Waals surface area contributed by atoms with Gasteiger partial charge in [0.1, 0.15) is 18.8 Å². The standard InChI is InChI=1S/C22H25F3N6O/c1-2-27-21(30-13-19-7-8-28-20(11-19)31-10-9-26-16-31)29-12-17-3-5-18(6-4-17)14-32-15-22(23,24)25/h3-11,16H,2,12-15H2,1H3,(H2,27,29,30). The fourth-order valence-electron chi connectivity index (χ4n) is 2.83. The lowest BCUT2D eigenvalue weighted by Crippen LogP contribution is -2.36. The van der Waals surface area contributed by atoms with Crippen LogP contribution in [-0.2, 0) is 24.4 Å². The third kappa shape index (κ3) is 7.69. The van der Waals surface area contributed by atoms with Gasteiger partial charge in [-0.15, -0.1) is 0 Å². The van der Waals surface area contributed by atoms with Crippen molar-refractivity contribution in [2.75, 3.05) is 13.2 Å². The van der Waals surface area contributed by atoms with E-state index in [0.29, 0.717) is 31.2 Å². The van der Waals surface area contributed by atoms with Crippen LogP contribution >= 0.6 is 0 Å². The van der Waals surface area contributed by atoms with Crippen molar-refractivity contribution in [1.82, 2.24) is 25.2 Å². The maximum absolute atomic E-state index is 12.2. The zero-order valence-corrected chi connectivity index (χ0v) is 17.6. The number of nitrogens with one attached hydrogen (secondary N) is 2. The average molecular weight is 446 g/mol. The summed E-state index contributed by atoms with van der Waals surface area (Å²) in [5, 5.41) is 6.46. The summed E-state index contributed by atoms with van der Waals surface area (Å²) >= 11 is 0. The number of pyridine rings is 1. The Hall–Kier alpha value is -3.40. The van der Waals surface area contributed by atoms with Crippen molar-refractivity contribution in [3.05, 3.63) is 78.0 Å². The molecule has 0 aliphatic heterocycles. The highest BCUT2D eigenvalue weighted by Crippen LogP contribution is 2.16. The molecule has 32 heavy (non-hydrogen) atoms. The Balaban J connectivity index is 1.54. The number of rotatable bonds is 9. The van der Waals surface area contributed by atoms with Crippen LogP contribution in [0, 0.1) is 0 Å². The van der Waals surface area contributed by atoms with Gasteiger partial charge in [0.25, 0.3) is 0 Å². The van der Waals surface area contributed by atoms with Gasteiger partial charge < -0.3 is 15.4 Å². The highest BCUT2D eigenvalue weighted by molar-refractivity contribution is 5.79. The molecule has 0 bridgehead atoms. The lowest BCUT2D eigenvalue weighted by Gasteiger charge is -2.12. The Bertz CT molecular complexity index is 988. The molecule has 0 amide bonds. The van der Waals surface area contributed by atoms with Crippen LogP contribution in [0.2, 0.25) is 0 Å². The van der Waals surface area contributed by atoms with Crippen LogP contribution in [0.25, 0.3) is 5.82 Å². The topological polar surface area (TPSA) is 76.4 Å². The summed E-state index contributed by atoms with van der Waals surface area (Å²) in [5.41, 5.74) is 2.66. The van der Waals surface area contributed by atoms with Gasteiger partial charge in [-0.3, -0.25) is 4.57 Å². The largest absolute Gasteiger partial charge is 0.411 e. The highest BCUT2D eigenvalue weighted by Gasteiger charge is 2.27. The maximum Gasteiger partial charge on any atom is 0.411 e. The third-order valence-electron chi connectivity index (χ3n) is 4.36. The molecule has 2 N–H and O–H groups in total. The number of nitrogens with zero attached hydrogens (tertiary/aromatic N) is 4. The number of ether oxygens (including phenoxy) is 1. The van der Waals surface area contributed by atoms with Crippen molar-refractivity contribution in [3.63, 3.8) is 0 Å². The normalized spacial score (nSPS) is 12.1. The minimum absolute atomic E-state index is 0.0791. The Morgan fingerprint density at radius 1 is 1.06 bits per heavy atom. The lowest BCUT2D eigenvalue weighted by atomic mass is 10.1. The van der Waals surface area contributed by atoms with E-state index in [9.17, 15) is 13.2 Å². The minimum Gasteiger partial charge on any atom is -0.367 e. The van der Waals surface area contributed by atoms with Crippen LogP contribution in [0.4, 0.5) is 13.2 Å². The van der Waals surface area contributed by atoms with Crippen molar-refractivity contribution in [3.8, 4) is 5.82 Å². The van der Waals surface area contributed by atoms with Gasteiger partial charge in [-0.05, 0) is 35.7 Å². The molecule has 0 spiro atoms. The van der Waals surface area contributed by atoms with E-state index in [0.717, 1.165) is 16.9 Å². The number of halogens is 3. The molecule has 0 saturated heterocycles. The van der Waals surface area contributed by atoms with E-state index in [4.69, 9.17) is 0 Å². The molecule has 0 aliphatic carbocycles. The predicted molar refractivity (Wildman–Crippen MR) is 115 cm³/mol. The summed E-state index contributed by atoms with van der Waals surface area (Å²) in [7, 11) is 0. The van der Waals surface area contributed by atoms with Crippen molar-refractivity contribution in [1.29, 1.82) is 0 Å². The summed E-state index contributed by atoms with van der Waals surface area (Å²) < 4.78 is 43.0. The first-order valence-electron chi connectivity index (χ1n) is 10.1. The predicted octanol–water partition coefficient (Wildman–Crippen LogP) is 3.60. The molecule has 0 unspecified atom stereocenters. The molecular formula is C22H25F3N6O. The van der Waals surface area contributed by atoms with Crippen LogP contribution in [0.3, 0.4) is 0 Å². The first-order chi connectivity index (χ1) is 15.4. The monoisotopic (exact) mass is 446 g/mol. The van der Waals surface area contributed by atoms with Gasteiger partial charge in [-0.1, -0.05) is 24.3 Å². The molecule has 3 aromatic rings. The van der Waals surface area contributed by atoms with Crippen LogP contribution < -0.4 is 10.6 Å². The van der Waals surface area contributed by atoms with Crippen LogP contribution in [-0.4, -0.2) is 39.8 Å². The second-order valence-corrected chi connectivity index (χ2v) is 6.97. The maximum atomic E-state index is 12.2. The van der Waals surface area contributed by atoms with E-state index in [1.54, 1.807) is 30.9 Å². The number of guanidine groups is 1. The van der Waals surface area contributed by atoms with E-state index in [-0.39, 0.29) is 6.61 Å². The van der Waals surface area contributed by atoms with Gasteiger partial charge in [-0.2, -0.15) is 13.2 Å². The molecular weight excluding hydrogens is 421 g/mol. The molecule has 10 heteroatoms. The van der Waals surface area contributed by atoms with E-state index in [1.165, 1.54) is 0 Å². The number of benzene rings is 1. The zero-order valence-electron chi connectivity index (χ0n) is 17.6. The van der Waals surface area contributed by atoms with Crippen LogP contribution in [0.15, 0.2) is 66.3 Å². The molecule has 0 atom stereocenters. The zero-order chi connectivity index (χ0) is 22.8. The number of hydrogen-bond donors (Lipinski definition) is 2. The van der Waals surface area contributed by atoms with Crippen molar-refractivity contribution >= 4 is 5.96 Å². The highest BCUT2D eigenvalue weighted by atomic mass is 19.4. The first kappa shape index (κ1) is 23.3. The van der Waals surface area contributed by atoms with Gasteiger partial charge in [0.2, 0.25) is 0 Å². The second-order valence-electron chi connectivity index (χ2n) is 6.97. The summed E-state index contributed by atoms with van der Waals surface area (Å²) in [6.07, 6.45) is 2.63. The van der Waals surface area contributed by atoms with Crippen molar-refractivity contribution < 1.29 is 17.9 Å². The number of alkyl halides is 3. The molecule has 2 aromatic heterocycles. The minimum atomic E-state index is -4.32. The third-order valence-corrected chi connectivity index (χ3v) is 4.36. The average Bonchev–Trinajstić information content (AvgIpc) is 3.31. The van der Waals surface area contributed by atoms with Gasteiger partial charge >= 0.3 is 6.18 Å². The van der Waals surface area contributed by atoms with Crippen LogP contribution in [0.5, 0.6) is 0 Å². The van der Waals surface area contributed by atoms with Gasteiger partial charge in [0.15, 0.2) is 5.96 Å². The number of imidazole rings is 1. The molecule has 0 aliphatic rings. The van der Waals surface area contributed by atoms with Crippen LogP contribution in [0.1, 0.15) is 23.6 Å². The summed E-state index contributed by atoms with van der Waals surface area (Å²) in [6, 6.07) is 11.1. The Labute approximate surface area is 184 Å². The molecule has 0 radical (unpaired) electrons. The van der Waals surface area contributed by atoms with E-state index < -0.39 is 12.8 Å². The fourth-order valence-corrected chi connectivity index (χ4v) is 2.83. The number of aliphatic imine (C=N–C) groups is 1. The summed E-state index contributed by atoms with van der Waals surface area (Å²) in [6.45, 7) is 2.35. The molecule has 0 fully saturated rings. The molecule has 0 saturated carbocycles. The van der Waals surface area contributed by atoms with Gasteiger partial charge in [0, 0.05) is 31.7 Å². The van der Waals surface area contributed by atoms with Crippen molar-refractivity contribution in [2.24, 2.45) is 4.99 Å². The van der Waals surface area contributed by atoms with E-state index >= 15 is 0 Å². The summed E-state index contributed by atoms with van der Waals surface area (Å²) in [5.74, 6) is 1.43. The Morgan fingerprint density at radius 2 is 1.84 bits per heavy atom. The van der Waals surface area contributed by atoms with Gasteiger partial charge in [-0.25, -0.2) is 15.0 Å². The Kier molecular flexibility index (Phi) is 8.20. The SMILES string of the molecule is CCNC(=NCc1ccnc(-n2ccnc2)c1)NCc1ccc(COCC(F)(F)F)cc1. The molecule has 1 aromatic carbocycles. The lowest BCUT2D eigenvalue weighted by molar-refractivity contribution is -0.176. The van der Waals surface area contributed by atoms with E-state index in [1.807, 2.05) is 42.0 Å². The van der Waals surface area contributed by atoms with Gasteiger partial charge in [0.05, 0.1) is 13.2 Å². The quantitative estimate of drug-likeness (QED) is 0.388. The molecule has 2 heterocycles.